The highest BCUT2D eigenvalue weighted by Gasteiger charge is 2.51. The summed E-state index contributed by atoms with van der Waals surface area (Å²) in [7, 11) is 0. The van der Waals surface area contributed by atoms with E-state index >= 15 is 0 Å². The van der Waals surface area contributed by atoms with Gasteiger partial charge in [0.15, 0.2) is 5.78 Å². The number of rotatable bonds is 5. The standard InChI is InChI=1S/C23H17Cl3N2O4/c24-15-8-5-13(6-9-15)20(29)12-27(21(30)14-7-10-18(25)19(26)11-14)28-22(31)16-3-1-2-4-17(16)23(28)32/h1-2,5-11,16-17H,3-4,12H2/t16-,17-/m0/s1. The van der Waals surface area contributed by atoms with Gasteiger partial charge in [0.25, 0.3) is 17.7 Å². The van der Waals surface area contributed by atoms with E-state index in [9.17, 15) is 19.2 Å². The fraction of sp³-hybridized carbons (Fsp3) is 0.217. The first-order valence-corrected chi connectivity index (χ1v) is 11.0. The number of Topliss-reactive ketones (excluding diaryl/α,β-unsaturated/α-hetero) is 1. The van der Waals surface area contributed by atoms with Crippen LogP contribution in [0.1, 0.15) is 33.6 Å². The Balaban J connectivity index is 1.70. The topological polar surface area (TPSA) is 74.8 Å². The number of fused-ring (bicyclic) bond motifs is 1. The van der Waals surface area contributed by atoms with E-state index < -0.39 is 41.9 Å². The summed E-state index contributed by atoms with van der Waals surface area (Å²) in [6, 6.07) is 10.3. The molecule has 0 N–H and O–H groups in total. The number of hydrogen-bond donors (Lipinski definition) is 0. The Hall–Kier alpha value is -2.67. The van der Waals surface area contributed by atoms with Gasteiger partial charge in [-0.25, -0.2) is 5.01 Å². The van der Waals surface area contributed by atoms with Crippen LogP contribution in [0, 0.1) is 11.8 Å². The highest BCUT2D eigenvalue weighted by molar-refractivity contribution is 6.42. The van der Waals surface area contributed by atoms with Gasteiger partial charge in [0.2, 0.25) is 0 Å². The van der Waals surface area contributed by atoms with Gasteiger partial charge < -0.3 is 0 Å². The van der Waals surface area contributed by atoms with Crippen molar-refractivity contribution in [1.29, 1.82) is 0 Å². The second-order valence-corrected chi connectivity index (χ2v) is 8.82. The quantitative estimate of drug-likeness (QED) is 0.341. The molecule has 1 aliphatic carbocycles. The van der Waals surface area contributed by atoms with Gasteiger partial charge in [-0.1, -0.05) is 47.0 Å². The fourth-order valence-corrected chi connectivity index (χ4v) is 4.32. The third-order valence-corrected chi connectivity index (χ3v) is 6.58. The van der Waals surface area contributed by atoms with E-state index in [2.05, 4.69) is 0 Å². The van der Waals surface area contributed by atoms with Crippen LogP contribution >= 0.6 is 34.8 Å². The van der Waals surface area contributed by atoms with Crippen molar-refractivity contribution in [1.82, 2.24) is 10.0 Å². The van der Waals surface area contributed by atoms with Crippen LogP contribution in [0.25, 0.3) is 0 Å². The van der Waals surface area contributed by atoms with Crippen LogP contribution in [-0.2, 0) is 9.59 Å². The lowest BCUT2D eigenvalue weighted by Gasteiger charge is -2.30. The van der Waals surface area contributed by atoms with Gasteiger partial charge in [0.1, 0.15) is 6.54 Å². The molecular formula is C23H17Cl3N2O4. The van der Waals surface area contributed by atoms with Crippen molar-refractivity contribution in [3.8, 4) is 0 Å². The first-order valence-electron chi connectivity index (χ1n) is 9.86. The van der Waals surface area contributed by atoms with Crippen molar-refractivity contribution in [3.63, 3.8) is 0 Å². The van der Waals surface area contributed by atoms with Crippen LogP contribution in [-0.4, -0.2) is 40.1 Å². The Bertz CT molecular complexity index is 1120. The predicted octanol–water partition coefficient (Wildman–Crippen LogP) is 4.84. The molecule has 32 heavy (non-hydrogen) atoms. The van der Waals surface area contributed by atoms with Crippen LogP contribution in [0.2, 0.25) is 15.1 Å². The summed E-state index contributed by atoms with van der Waals surface area (Å²) in [6.45, 7) is -0.509. The van der Waals surface area contributed by atoms with Crippen molar-refractivity contribution >= 4 is 58.3 Å². The Labute approximate surface area is 199 Å². The summed E-state index contributed by atoms with van der Waals surface area (Å²) in [6.07, 6.45) is 4.51. The normalized spacial score (nSPS) is 19.8. The van der Waals surface area contributed by atoms with E-state index in [-0.39, 0.29) is 15.6 Å². The van der Waals surface area contributed by atoms with Gasteiger partial charge in [-0.2, -0.15) is 5.01 Å². The van der Waals surface area contributed by atoms with Crippen LogP contribution < -0.4 is 0 Å². The number of amides is 3. The first kappa shape index (κ1) is 22.5. The second-order valence-electron chi connectivity index (χ2n) is 7.57. The molecule has 2 aromatic carbocycles. The molecule has 2 aromatic rings. The highest BCUT2D eigenvalue weighted by Crippen LogP contribution is 2.36. The lowest BCUT2D eigenvalue weighted by molar-refractivity contribution is -0.154. The average Bonchev–Trinajstić information content (AvgIpc) is 3.04. The largest absolute Gasteiger partial charge is 0.292 e. The molecule has 1 heterocycles. The van der Waals surface area contributed by atoms with E-state index in [4.69, 9.17) is 34.8 Å². The van der Waals surface area contributed by atoms with E-state index in [1.807, 2.05) is 12.2 Å². The minimum atomic E-state index is -0.709. The van der Waals surface area contributed by atoms with Gasteiger partial charge in [-0.15, -0.1) is 0 Å². The number of allylic oxidation sites excluding steroid dienone is 2. The SMILES string of the molecule is O=C(CN(C(=O)c1ccc(Cl)c(Cl)c1)N1C(=O)[C@H]2CC=CC[C@@H]2C1=O)c1ccc(Cl)cc1. The van der Waals surface area contributed by atoms with Crippen LogP contribution in [0.15, 0.2) is 54.6 Å². The molecule has 0 unspecified atom stereocenters. The average molecular weight is 492 g/mol. The van der Waals surface area contributed by atoms with Crippen LogP contribution in [0.5, 0.6) is 0 Å². The summed E-state index contributed by atoms with van der Waals surface area (Å²) < 4.78 is 0. The first-order chi connectivity index (χ1) is 15.3. The van der Waals surface area contributed by atoms with Crippen molar-refractivity contribution in [2.75, 3.05) is 6.54 Å². The van der Waals surface area contributed by atoms with Crippen molar-refractivity contribution in [3.05, 3.63) is 80.8 Å². The number of carbonyl (C=O) groups is 4. The summed E-state index contributed by atoms with van der Waals surface area (Å²) in [4.78, 5) is 52.6. The predicted molar refractivity (Wildman–Crippen MR) is 120 cm³/mol. The molecular weight excluding hydrogens is 475 g/mol. The molecule has 4 rings (SSSR count). The molecule has 1 aliphatic heterocycles. The van der Waals surface area contributed by atoms with E-state index in [0.29, 0.717) is 23.4 Å². The molecule has 2 atom stereocenters. The Morgan fingerprint density at radius 3 is 1.97 bits per heavy atom. The van der Waals surface area contributed by atoms with Crippen molar-refractivity contribution in [2.24, 2.45) is 11.8 Å². The zero-order valence-electron chi connectivity index (χ0n) is 16.6. The summed E-state index contributed by atoms with van der Waals surface area (Å²) in [5.74, 6) is -3.27. The monoisotopic (exact) mass is 490 g/mol. The zero-order chi connectivity index (χ0) is 23.0. The van der Waals surface area contributed by atoms with Gasteiger partial charge in [-0.3, -0.25) is 19.2 Å². The molecule has 3 amide bonds. The molecule has 164 valence electrons. The third-order valence-electron chi connectivity index (χ3n) is 5.59. The minimum Gasteiger partial charge on any atom is -0.292 e. The molecule has 9 heteroatoms. The van der Waals surface area contributed by atoms with Crippen molar-refractivity contribution < 1.29 is 19.2 Å². The molecule has 0 bridgehead atoms. The number of hydrogen-bond acceptors (Lipinski definition) is 4. The molecule has 0 spiro atoms. The third kappa shape index (κ3) is 4.18. The van der Waals surface area contributed by atoms with Crippen LogP contribution in [0.4, 0.5) is 0 Å². The van der Waals surface area contributed by atoms with Gasteiger partial charge in [0.05, 0.1) is 21.9 Å². The second kappa shape index (κ2) is 9.06. The Kier molecular flexibility index (Phi) is 6.38. The maximum absolute atomic E-state index is 13.4. The Morgan fingerprint density at radius 1 is 0.844 bits per heavy atom. The molecule has 0 aromatic heterocycles. The highest BCUT2D eigenvalue weighted by atomic mass is 35.5. The number of carbonyl (C=O) groups excluding carboxylic acids is 4. The van der Waals surface area contributed by atoms with Gasteiger partial charge in [0, 0.05) is 16.1 Å². The van der Waals surface area contributed by atoms with Crippen LogP contribution in [0.3, 0.4) is 0 Å². The number of halogens is 3. The maximum atomic E-state index is 13.4. The number of ketones is 1. The molecule has 6 nitrogen and oxygen atoms in total. The van der Waals surface area contributed by atoms with Gasteiger partial charge >= 0.3 is 0 Å². The summed E-state index contributed by atoms with van der Waals surface area (Å²) in [5.41, 5.74) is 0.386. The molecule has 1 fully saturated rings. The van der Waals surface area contributed by atoms with E-state index in [0.717, 1.165) is 10.0 Å². The number of nitrogens with zero attached hydrogens (tertiary/aromatic N) is 2. The summed E-state index contributed by atoms with van der Waals surface area (Å²) >= 11 is 17.9. The van der Waals surface area contributed by atoms with Crippen molar-refractivity contribution in [2.45, 2.75) is 12.8 Å². The molecule has 0 saturated carbocycles. The Morgan fingerprint density at radius 2 is 1.41 bits per heavy atom. The number of imide groups is 1. The minimum absolute atomic E-state index is 0.0944. The summed E-state index contributed by atoms with van der Waals surface area (Å²) in [5, 5.41) is 2.56. The smallest absolute Gasteiger partial charge is 0.273 e. The lowest BCUT2D eigenvalue weighted by atomic mass is 9.85. The number of hydrazine groups is 1. The zero-order valence-corrected chi connectivity index (χ0v) is 18.9. The molecule has 2 aliphatic rings. The van der Waals surface area contributed by atoms with E-state index in [1.54, 1.807) is 12.1 Å². The molecule has 0 radical (unpaired) electrons. The number of benzene rings is 2. The molecule has 1 saturated heterocycles. The fourth-order valence-electron chi connectivity index (χ4n) is 3.90. The lowest BCUT2D eigenvalue weighted by Crippen LogP contribution is -2.52. The van der Waals surface area contributed by atoms with Gasteiger partial charge in [-0.05, 0) is 55.3 Å². The maximum Gasteiger partial charge on any atom is 0.273 e. The van der Waals surface area contributed by atoms with E-state index in [1.165, 1.54) is 30.3 Å².